The summed E-state index contributed by atoms with van der Waals surface area (Å²) in [6.45, 7) is 0.196. The van der Waals surface area contributed by atoms with Crippen molar-refractivity contribution in [3.63, 3.8) is 0 Å². The van der Waals surface area contributed by atoms with Gasteiger partial charge in [-0.1, -0.05) is 0 Å². The number of imide groups is 1. The van der Waals surface area contributed by atoms with Crippen molar-refractivity contribution in [3.8, 4) is 0 Å². The van der Waals surface area contributed by atoms with Gasteiger partial charge in [-0.2, -0.15) is 5.10 Å². The molecule has 1 aromatic carbocycles. The molecule has 2 heterocycles. The summed E-state index contributed by atoms with van der Waals surface area (Å²) in [5, 5.41) is 18.5. The van der Waals surface area contributed by atoms with Crippen molar-refractivity contribution in [2.75, 3.05) is 11.4 Å². The molecule has 3 N–H and O–H groups in total. The van der Waals surface area contributed by atoms with E-state index in [1.165, 1.54) is 23.2 Å². The van der Waals surface area contributed by atoms with Crippen LogP contribution in [0.25, 0.3) is 10.9 Å². The van der Waals surface area contributed by atoms with Gasteiger partial charge in [0.2, 0.25) is 5.91 Å². The zero-order valence-electron chi connectivity index (χ0n) is 10.2. The summed E-state index contributed by atoms with van der Waals surface area (Å²) in [6.07, 6.45) is 1.65. The fourth-order valence-electron chi connectivity index (χ4n) is 2.17. The molecule has 102 valence electrons. The molecule has 1 aliphatic heterocycles. The van der Waals surface area contributed by atoms with Gasteiger partial charge >= 0.3 is 12.0 Å². The molecule has 0 saturated carbocycles. The largest absolute Gasteiger partial charge is 0.478 e. The number of carboxylic acids is 1. The Hall–Kier alpha value is -2.90. The molecule has 0 unspecified atom stereocenters. The van der Waals surface area contributed by atoms with Gasteiger partial charge in [-0.25, -0.2) is 9.59 Å². The number of nitrogens with zero attached hydrogens (tertiary/aromatic N) is 2. The number of aromatic nitrogens is 2. The number of carboxylic acid groups (broad SMARTS) is 1. The number of hydrogen-bond acceptors (Lipinski definition) is 4. The first kappa shape index (κ1) is 12.2. The average Bonchev–Trinajstić information content (AvgIpc) is 2.86. The maximum atomic E-state index is 11.9. The molecular weight excluding hydrogens is 264 g/mol. The molecule has 3 rings (SSSR count). The summed E-state index contributed by atoms with van der Waals surface area (Å²) in [5.74, 6) is -1.44. The zero-order valence-corrected chi connectivity index (χ0v) is 10.2. The standard InChI is InChI=1S/C12H10N4O4/c17-9-1-2-16(12(20)14-9)8-4-6(11(18)19)3-7-5-13-15-10(7)8/h3-5H,1-2H2,(H,13,15)(H,18,19)(H,14,17,20). The lowest BCUT2D eigenvalue weighted by Gasteiger charge is -2.27. The van der Waals surface area contributed by atoms with Crippen molar-refractivity contribution in [2.45, 2.75) is 6.42 Å². The molecule has 1 aliphatic rings. The van der Waals surface area contributed by atoms with Gasteiger partial charge in [0.05, 0.1) is 23.0 Å². The summed E-state index contributed by atoms with van der Waals surface area (Å²) in [4.78, 5) is 35.5. The number of hydrogen-bond donors (Lipinski definition) is 3. The summed E-state index contributed by atoms with van der Waals surface area (Å²) >= 11 is 0. The topological polar surface area (TPSA) is 115 Å². The number of anilines is 1. The Morgan fingerprint density at radius 2 is 2.15 bits per heavy atom. The van der Waals surface area contributed by atoms with Gasteiger partial charge in [-0.05, 0) is 12.1 Å². The minimum absolute atomic E-state index is 0.0543. The number of nitrogens with one attached hydrogen (secondary N) is 2. The molecule has 0 atom stereocenters. The van der Waals surface area contributed by atoms with Crippen molar-refractivity contribution in [1.82, 2.24) is 15.5 Å². The van der Waals surface area contributed by atoms with E-state index in [4.69, 9.17) is 5.11 Å². The van der Waals surface area contributed by atoms with E-state index in [1.807, 2.05) is 0 Å². The fraction of sp³-hybridized carbons (Fsp3) is 0.167. The van der Waals surface area contributed by atoms with E-state index < -0.39 is 12.0 Å². The molecule has 0 aliphatic carbocycles. The molecule has 3 amide bonds. The minimum Gasteiger partial charge on any atom is -0.478 e. The first-order valence-corrected chi connectivity index (χ1v) is 5.88. The number of carbonyl (C=O) groups is 3. The highest BCUT2D eigenvalue weighted by atomic mass is 16.4. The lowest BCUT2D eigenvalue weighted by molar-refractivity contribution is -0.120. The number of H-pyrrole nitrogens is 1. The third-order valence-electron chi connectivity index (χ3n) is 3.12. The smallest absolute Gasteiger partial charge is 0.335 e. The monoisotopic (exact) mass is 274 g/mol. The number of amides is 3. The Bertz CT molecular complexity index is 736. The van der Waals surface area contributed by atoms with E-state index in [1.54, 1.807) is 0 Å². The molecule has 1 saturated heterocycles. The quantitative estimate of drug-likeness (QED) is 0.745. The summed E-state index contributed by atoms with van der Waals surface area (Å²) in [6, 6.07) is 2.29. The van der Waals surface area contributed by atoms with E-state index in [0.29, 0.717) is 16.6 Å². The summed E-state index contributed by atoms with van der Waals surface area (Å²) in [7, 11) is 0. The second-order valence-corrected chi connectivity index (χ2v) is 4.39. The zero-order chi connectivity index (χ0) is 14.3. The Morgan fingerprint density at radius 3 is 2.85 bits per heavy atom. The van der Waals surface area contributed by atoms with E-state index in [-0.39, 0.29) is 24.4 Å². The minimum atomic E-state index is -1.09. The van der Waals surface area contributed by atoms with Gasteiger partial charge < -0.3 is 5.11 Å². The van der Waals surface area contributed by atoms with E-state index >= 15 is 0 Å². The molecule has 1 fully saturated rings. The lowest BCUT2D eigenvalue weighted by atomic mass is 10.1. The van der Waals surface area contributed by atoms with Gasteiger partial charge in [0, 0.05) is 18.4 Å². The summed E-state index contributed by atoms with van der Waals surface area (Å²) < 4.78 is 0. The van der Waals surface area contributed by atoms with E-state index in [2.05, 4.69) is 15.5 Å². The van der Waals surface area contributed by atoms with Gasteiger partial charge in [-0.3, -0.25) is 20.1 Å². The Balaban J connectivity index is 2.14. The number of aromatic amines is 1. The van der Waals surface area contributed by atoms with Crippen LogP contribution in [0.15, 0.2) is 18.3 Å². The molecule has 0 radical (unpaired) electrons. The Morgan fingerprint density at radius 1 is 1.35 bits per heavy atom. The number of benzene rings is 1. The molecule has 20 heavy (non-hydrogen) atoms. The van der Waals surface area contributed by atoms with Crippen LogP contribution in [0.3, 0.4) is 0 Å². The molecule has 8 heteroatoms. The highest BCUT2D eigenvalue weighted by Gasteiger charge is 2.26. The van der Waals surface area contributed by atoms with Crippen LogP contribution < -0.4 is 10.2 Å². The molecule has 0 spiro atoms. The number of rotatable bonds is 2. The van der Waals surface area contributed by atoms with Gasteiger partial charge in [0.1, 0.15) is 0 Å². The van der Waals surface area contributed by atoms with Crippen LogP contribution in [0.4, 0.5) is 10.5 Å². The first-order chi connectivity index (χ1) is 9.56. The molecule has 1 aromatic heterocycles. The highest BCUT2D eigenvalue weighted by molar-refractivity contribution is 6.10. The van der Waals surface area contributed by atoms with Crippen LogP contribution in [0.1, 0.15) is 16.8 Å². The Kier molecular flexibility index (Phi) is 2.63. The fourth-order valence-corrected chi connectivity index (χ4v) is 2.17. The SMILES string of the molecule is O=C1CCN(c2cc(C(=O)O)cc3cn[nH]c23)C(=O)N1. The number of aromatic carboxylic acids is 1. The third-order valence-corrected chi connectivity index (χ3v) is 3.12. The maximum absolute atomic E-state index is 11.9. The predicted octanol–water partition coefficient (Wildman–Crippen LogP) is 0.707. The number of urea groups is 1. The van der Waals surface area contributed by atoms with Crippen molar-refractivity contribution in [3.05, 3.63) is 23.9 Å². The highest BCUT2D eigenvalue weighted by Crippen LogP contribution is 2.28. The van der Waals surface area contributed by atoms with Crippen LogP contribution >= 0.6 is 0 Å². The normalized spacial score (nSPS) is 15.5. The van der Waals surface area contributed by atoms with Crippen LogP contribution in [-0.2, 0) is 4.79 Å². The van der Waals surface area contributed by atoms with Crippen molar-refractivity contribution in [1.29, 1.82) is 0 Å². The first-order valence-electron chi connectivity index (χ1n) is 5.88. The second-order valence-electron chi connectivity index (χ2n) is 4.39. The Labute approximate surface area is 112 Å². The van der Waals surface area contributed by atoms with E-state index in [9.17, 15) is 14.4 Å². The average molecular weight is 274 g/mol. The summed E-state index contributed by atoms with van der Waals surface area (Å²) in [5.41, 5.74) is 1.00. The van der Waals surface area contributed by atoms with Gasteiger partial charge in [0.15, 0.2) is 0 Å². The second kappa shape index (κ2) is 4.34. The molecule has 2 aromatic rings. The lowest BCUT2D eigenvalue weighted by Crippen LogP contribution is -2.49. The van der Waals surface area contributed by atoms with Gasteiger partial charge in [-0.15, -0.1) is 0 Å². The molecular formula is C12H10N4O4. The number of fused-ring (bicyclic) bond motifs is 1. The van der Waals surface area contributed by atoms with Crippen LogP contribution in [0, 0.1) is 0 Å². The molecule has 0 bridgehead atoms. The van der Waals surface area contributed by atoms with E-state index in [0.717, 1.165) is 0 Å². The van der Waals surface area contributed by atoms with Crippen LogP contribution in [0.2, 0.25) is 0 Å². The van der Waals surface area contributed by atoms with Crippen molar-refractivity contribution >= 4 is 34.5 Å². The predicted molar refractivity (Wildman–Crippen MR) is 68.6 cm³/mol. The number of carbonyl (C=O) groups excluding carboxylic acids is 2. The third kappa shape index (κ3) is 1.87. The van der Waals surface area contributed by atoms with Crippen molar-refractivity contribution < 1.29 is 19.5 Å². The van der Waals surface area contributed by atoms with Crippen LogP contribution in [-0.4, -0.2) is 39.8 Å². The van der Waals surface area contributed by atoms with Crippen LogP contribution in [0.5, 0.6) is 0 Å². The van der Waals surface area contributed by atoms with Crippen molar-refractivity contribution in [2.24, 2.45) is 0 Å². The maximum Gasteiger partial charge on any atom is 0.335 e. The molecule has 8 nitrogen and oxygen atoms in total. The van der Waals surface area contributed by atoms with Gasteiger partial charge in [0.25, 0.3) is 0 Å².